The smallest absolute Gasteiger partial charge is 0.0276 e. The van der Waals surface area contributed by atoms with Gasteiger partial charge in [-0.2, -0.15) is 0 Å². The average molecular weight is 190 g/mol. The molecule has 0 saturated heterocycles. The molecule has 0 aromatic heterocycles. The van der Waals surface area contributed by atoms with Crippen molar-refractivity contribution in [1.82, 2.24) is 0 Å². The van der Waals surface area contributed by atoms with Crippen molar-refractivity contribution >= 4 is 0 Å². The van der Waals surface area contributed by atoms with E-state index in [0.717, 1.165) is 11.8 Å². The van der Waals surface area contributed by atoms with Crippen molar-refractivity contribution in [2.24, 2.45) is 11.8 Å². The van der Waals surface area contributed by atoms with Crippen LogP contribution in [0.3, 0.4) is 0 Å². The van der Waals surface area contributed by atoms with Crippen LogP contribution in [0.5, 0.6) is 0 Å². The summed E-state index contributed by atoms with van der Waals surface area (Å²) < 4.78 is 0. The van der Waals surface area contributed by atoms with Gasteiger partial charge in [0, 0.05) is 0 Å². The summed E-state index contributed by atoms with van der Waals surface area (Å²) in [4.78, 5) is 0. The van der Waals surface area contributed by atoms with Gasteiger partial charge in [-0.1, -0.05) is 57.5 Å². The number of rotatable bonds is 5. The van der Waals surface area contributed by atoms with E-state index in [0.29, 0.717) is 0 Å². The molecular weight excluding hydrogens is 168 g/mol. The maximum Gasteiger partial charge on any atom is -0.0276 e. The Morgan fingerprint density at radius 2 is 1.64 bits per heavy atom. The zero-order valence-electron chi connectivity index (χ0n) is 9.66. The lowest BCUT2D eigenvalue weighted by Crippen LogP contribution is -2.07. The topological polar surface area (TPSA) is 0 Å². The van der Waals surface area contributed by atoms with Crippen LogP contribution in [0, 0.1) is 11.8 Å². The summed E-state index contributed by atoms with van der Waals surface area (Å²) in [7, 11) is 0. The highest BCUT2D eigenvalue weighted by Crippen LogP contribution is 2.20. The maximum absolute atomic E-state index is 2.37. The second-order valence-corrected chi connectivity index (χ2v) is 4.39. The van der Waals surface area contributed by atoms with Crippen LogP contribution < -0.4 is 0 Å². The SMILES string of the molecule is CCC(C)C(C)CCc1ccccc1. The lowest BCUT2D eigenvalue weighted by atomic mass is 9.88. The summed E-state index contributed by atoms with van der Waals surface area (Å²) in [5, 5.41) is 0. The molecule has 0 radical (unpaired) electrons. The average Bonchev–Trinajstić information content (AvgIpc) is 2.26. The molecule has 1 aromatic rings. The number of benzene rings is 1. The summed E-state index contributed by atoms with van der Waals surface area (Å²) in [5.74, 6) is 1.71. The molecule has 14 heavy (non-hydrogen) atoms. The van der Waals surface area contributed by atoms with Gasteiger partial charge in [-0.25, -0.2) is 0 Å². The van der Waals surface area contributed by atoms with E-state index in [1.54, 1.807) is 0 Å². The second kappa shape index (κ2) is 5.85. The zero-order valence-corrected chi connectivity index (χ0v) is 9.66. The molecular formula is C14H22. The van der Waals surface area contributed by atoms with Crippen molar-refractivity contribution in [3.05, 3.63) is 35.9 Å². The summed E-state index contributed by atoms with van der Waals surface area (Å²) in [5.41, 5.74) is 1.47. The molecule has 0 aliphatic rings. The first-order valence-electron chi connectivity index (χ1n) is 5.78. The Balaban J connectivity index is 2.34. The Labute approximate surface area is 88.4 Å². The Morgan fingerprint density at radius 3 is 2.21 bits per heavy atom. The van der Waals surface area contributed by atoms with Crippen molar-refractivity contribution in [1.29, 1.82) is 0 Å². The van der Waals surface area contributed by atoms with Crippen LogP contribution in [0.2, 0.25) is 0 Å². The van der Waals surface area contributed by atoms with E-state index in [4.69, 9.17) is 0 Å². The molecule has 0 bridgehead atoms. The Kier molecular flexibility index (Phi) is 4.72. The monoisotopic (exact) mass is 190 g/mol. The van der Waals surface area contributed by atoms with Crippen molar-refractivity contribution < 1.29 is 0 Å². The van der Waals surface area contributed by atoms with E-state index in [1.165, 1.54) is 24.8 Å². The Morgan fingerprint density at radius 1 is 1.00 bits per heavy atom. The fourth-order valence-electron chi connectivity index (χ4n) is 1.73. The number of hydrogen-bond acceptors (Lipinski definition) is 0. The quantitative estimate of drug-likeness (QED) is 0.649. The molecule has 78 valence electrons. The van der Waals surface area contributed by atoms with Crippen LogP contribution in [0.25, 0.3) is 0 Å². The van der Waals surface area contributed by atoms with Gasteiger partial charge in [0.05, 0.1) is 0 Å². The zero-order chi connectivity index (χ0) is 10.4. The van der Waals surface area contributed by atoms with Crippen molar-refractivity contribution in [3.63, 3.8) is 0 Å². The normalized spacial score (nSPS) is 15.1. The minimum absolute atomic E-state index is 0.847. The van der Waals surface area contributed by atoms with Crippen LogP contribution in [0.15, 0.2) is 30.3 Å². The first kappa shape index (κ1) is 11.3. The molecule has 1 aromatic carbocycles. The second-order valence-electron chi connectivity index (χ2n) is 4.39. The van der Waals surface area contributed by atoms with Gasteiger partial charge in [0.25, 0.3) is 0 Å². The van der Waals surface area contributed by atoms with Gasteiger partial charge in [-0.3, -0.25) is 0 Å². The predicted molar refractivity (Wildman–Crippen MR) is 63.4 cm³/mol. The van der Waals surface area contributed by atoms with Gasteiger partial charge in [0.15, 0.2) is 0 Å². The lowest BCUT2D eigenvalue weighted by molar-refractivity contribution is 0.355. The van der Waals surface area contributed by atoms with Gasteiger partial charge in [0.1, 0.15) is 0 Å². The molecule has 0 aliphatic heterocycles. The van der Waals surface area contributed by atoms with Crippen molar-refractivity contribution in [3.8, 4) is 0 Å². The molecule has 2 unspecified atom stereocenters. The molecule has 0 heteroatoms. The molecule has 0 spiro atoms. The molecule has 0 heterocycles. The van der Waals surface area contributed by atoms with E-state index < -0.39 is 0 Å². The van der Waals surface area contributed by atoms with E-state index >= 15 is 0 Å². The third-order valence-corrected chi connectivity index (χ3v) is 3.35. The van der Waals surface area contributed by atoms with Crippen LogP contribution >= 0.6 is 0 Å². The third-order valence-electron chi connectivity index (χ3n) is 3.35. The maximum atomic E-state index is 2.37. The van der Waals surface area contributed by atoms with Gasteiger partial charge in [-0.15, -0.1) is 0 Å². The van der Waals surface area contributed by atoms with E-state index in [-0.39, 0.29) is 0 Å². The minimum atomic E-state index is 0.847. The standard InChI is InChI=1S/C14H22/c1-4-12(2)13(3)10-11-14-8-6-5-7-9-14/h5-9,12-13H,4,10-11H2,1-3H3. The summed E-state index contributed by atoms with van der Waals surface area (Å²) in [6, 6.07) is 10.8. The fourth-order valence-corrected chi connectivity index (χ4v) is 1.73. The van der Waals surface area contributed by atoms with Gasteiger partial charge in [-0.05, 0) is 30.2 Å². The minimum Gasteiger partial charge on any atom is -0.0651 e. The van der Waals surface area contributed by atoms with Gasteiger partial charge < -0.3 is 0 Å². The van der Waals surface area contributed by atoms with Gasteiger partial charge >= 0.3 is 0 Å². The molecule has 2 atom stereocenters. The highest BCUT2D eigenvalue weighted by Gasteiger charge is 2.09. The van der Waals surface area contributed by atoms with Gasteiger partial charge in [0.2, 0.25) is 0 Å². The Hall–Kier alpha value is -0.780. The van der Waals surface area contributed by atoms with E-state index in [9.17, 15) is 0 Å². The lowest BCUT2D eigenvalue weighted by Gasteiger charge is -2.17. The molecule has 0 saturated carbocycles. The third kappa shape index (κ3) is 3.53. The molecule has 0 aliphatic carbocycles. The van der Waals surface area contributed by atoms with E-state index in [2.05, 4.69) is 51.1 Å². The highest BCUT2D eigenvalue weighted by atomic mass is 14.1. The molecule has 0 amide bonds. The Bertz CT molecular complexity index is 237. The van der Waals surface area contributed by atoms with Crippen LogP contribution in [0.1, 0.15) is 39.2 Å². The fraction of sp³-hybridized carbons (Fsp3) is 0.571. The number of hydrogen-bond donors (Lipinski definition) is 0. The van der Waals surface area contributed by atoms with Crippen molar-refractivity contribution in [2.75, 3.05) is 0 Å². The summed E-state index contributed by atoms with van der Waals surface area (Å²) in [6.45, 7) is 7.01. The summed E-state index contributed by atoms with van der Waals surface area (Å²) >= 11 is 0. The predicted octanol–water partition coefficient (Wildman–Crippen LogP) is 4.30. The largest absolute Gasteiger partial charge is 0.0651 e. The highest BCUT2D eigenvalue weighted by molar-refractivity contribution is 5.14. The van der Waals surface area contributed by atoms with Crippen LogP contribution in [0.4, 0.5) is 0 Å². The molecule has 1 rings (SSSR count). The first-order valence-corrected chi connectivity index (χ1v) is 5.78. The first-order chi connectivity index (χ1) is 6.74. The molecule has 0 N–H and O–H groups in total. The molecule has 0 nitrogen and oxygen atoms in total. The summed E-state index contributed by atoms with van der Waals surface area (Å²) in [6.07, 6.45) is 3.85. The number of aryl methyl sites for hydroxylation is 1. The van der Waals surface area contributed by atoms with Crippen molar-refractivity contribution in [2.45, 2.75) is 40.0 Å². The van der Waals surface area contributed by atoms with Crippen LogP contribution in [-0.2, 0) is 6.42 Å². The van der Waals surface area contributed by atoms with E-state index in [1.807, 2.05) is 0 Å². The van der Waals surface area contributed by atoms with Crippen LogP contribution in [-0.4, -0.2) is 0 Å². The molecule has 0 fully saturated rings.